The van der Waals surface area contributed by atoms with E-state index in [2.05, 4.69) is 36.5 Å². The number of benzene rings is 3. The van der Waals surface area contributed by atoms with Crippen LogP contribution in [0.25, 0.3) is 22.3 Å². The van der Waals surface area contributed by atoms with Gasteiger partial charge in [-0.1, -0.05) is 35.9 Å². The van der Waals surface area contributed by atoms with Crippen LogP contribution < -0.4 is 14.8 Å². The molecule has 1 aliphatic heterocycles. The average Bonchev–Trinajstić information content (AvgIpc) is 3.66. The van der Waals surface area contributed by atoms with Crippen molar-refractivity contribution < 1.29 is 22.7 Å². The fourth-order valence-electron chi connectivity index (χ4n) is 6.21. The van der Waals surface area contributed by atoms with E-state index < -0.39 is 15.6 Å². The second-order valence-corrected chi connectivity index (χ2v) is 16.7. The number of carbonyl (C=O) groups excluding carboxylic acids is 1. The Balaban J connectivity index is 1.34. The minimum Gasteiger partial charge on any atom is -0.455 e. The summed E-state index contributed by atoms with van der Waals surface area (Å²) in [4.78, 5) is 23.6. The fourth-order valence-corrected chi connectivity index (χ4v) is 7.90. The first kappa shape index (κ1) is 38.4. The van der Waals surface area contributed by atoms with Crippen LogP contribution in [0.3, 0.4) is 0 Å². The summed E-state index contributed by atoms with van der Waals surface area (Å²) >= 11 is 0.901. The molecule has 5 aromatic rings. The molecule has 0 saturated carbocycles. The van der Waals surface area contributed by atoms with Crippen molar-refractivity contribution >= 4 is 32.8 Å². The quantitative estimate of drug-likeness (QED) is 0.127. The Hall–Kier alpha value is -5.36. The third-order valence-corrected chi connectivity index (χ3v) is 11.0. The van der Waals surface area contributed by atoms with Crippen LogP contribution in [-0.4, -0.2) is 59.0 Å². The van der Waals surface area contributed by atoms with Gasteiger partial charge in [-0.2, -0.15) is 9.64 Å². The number of anilines is 1. The lowest BCUT2D eigenvalue weighted by Crippen LogP contribution is -2.38. The van der Waals surface area contributed by atoms with Gasteiger partial charge in [0.1, 0.15) is 29.5 Å². The Morgan fingerprint density at radius 2 is 1.78 bits per heavy atom. The van der Waals surface area contributed by atoms with E-state index in [-0.39, 0.29) is 34.0 Å². The molecule has 6 rings (SSSR count). The monoisotopic (exact) mass is 765 g/mol. The van der Waals surface area contributed by atoms with E-state index in [0.29, 0.717) is 23.9 Å². The van der Waals surface area contributed by atoms with E-state index in [9.17, 15) is 18.5 Å². The SMILES string of the molecule is Cc1cccc(-c2ccc(Oc3ccc(S(=O)(=O)Nc4ncns4)cc3C#N)c(-c3ccnc(CN(CCC4CCNCC4)C(=O)OC(C)(C)C)c3)c2)c1. The Morgan fingerprint density at radius 3 is 2.50 bits per heavy atom. The molecular formula is C40H43N7O5S2. The fraction of sp³-hybridized carbons (Fsp3) is 0.325. The second-order valence-electron chi connectivity index (χ2n) is 14.2. The summed E-state index contributed by atoms with van der Waals surface area (Å²) in [5.41, 5.74) is 4.62. The van der Waals surface area contributed by atoms with Gasteiger partial charge in [0, 0.05) is 29.8 Å². The van der Waals surface area contributed by atoms with Crippen molar-refractivity contribution in [3.8, 4) is 39.8 Å². The summed E-state index contributed by atoms with van der Waals surface area (Å²) in [6.07, 6.45) is 5.59. The van der Waals surface area contributed by atoms with Gasteiger partial charge < -0.3 is 19.7 Å². The van der Waals surface area contributed by atoms with Crippen molar-refractivity contribution in [2.24, 2.45) is 5.92 Å². The smallest absolute Gasteiger partial charge is 0.410 e. The number of aromatic nitrogens is 3. The van der Waals surface area contributed by atoms with Gasteiger partial charge in [-0.25, -0.2) is 18.2 Å². The number of nitriles is 1. The molecule has 1 aliphatic rings. The molecule has 3 heterocycles. The number of ether oxygens (including phenoxy) is 2. The lowest BCUT2D eigenvalue weighted by atomic mass is 9.94. The highest BCUT2D eigenvalue weighted by Crippen LogP contribution is 2.39. The van der Waals surface area contributed by atoms with Gasteiger partial charge in [0.2, 0.25) is 5.13 Å². The zero-order chi connectivity index (χ0) is 38.3. The second kappa shape index (κ2) is 16.8. The van der Waals surface area contributed by atoms with Crippen molar-refractivity contribution in [2.75, 3.05) is 24.4 Å². The normalized spacial score (nSPS) is 13.5. The summed E-state index contributed by atoms with van der Waals surface area (Å²) in [6, 6.07) is 24.0. The number of carbonyl (C=O) groups is 1. The lowest BCUT2D eigenvalue weighted by Gasteiger charge is -2.29. The molecule has 0 atom stereocenters. The van der Waals surface area contributed by atoms with E-state index in [4.69, 9.17) is 9.47 Å². The Labute approximate surface area is 320 Å². The minimum atomic E-state index is -4.03. The first-order chi connectivity index (χ1) is 25.9. The number of sulfonamides is 1. The molecule has 1 saturated heterocycles. The number of piperidine rings is 1. The van der Waals surface area contributed by atoms with Gasteiger partial charge in [-0.3, -0.25) is 9.71 Å². The molecule has 0 bridgehead atoms. The van der Waals surface area contributed by atoms with E-state index in [0.717, 1.165) is 71.7 Å². The van der Waals surface area contributed by atoms with Crippen LogP contribution in [0, 0.1) is 24.2 Å². The van der Waals surface area contributed by atoms with Crippen LogP contribution in [0.2, 0.25) is 0 Å². The molecule has 2 N–H and O–H groups in total. The van der Waals surface area contributed by atoms with Crippen molar-refractivity contribution in [1.29, 1.82) is 5.26 Å². The molecule has 1 amide bonds. The van der Waals surface area contributed by atoms with E-state index in [1.54, 1.807) is 11.1 Å². The maximum Gasteiger partial charge on any atom is 0.410 e. The predicted octanol–water partition coefficient (Wildman–Crippen LogP) is 8.17. The number of hydrogen-bond donors (Lipinski definition) is 2. The largest absolute Gasteiger partial charge is 0.455 e. The van der Waals surface area contributed by atoms with Gasteiger partial charge in [-0.15, -0.1) is 0 Å². The maximum absolute atomic E-state index is 13.5. The van der Waals surface area contributed by atoms with Crippen LogP contribution in [0.5, 0.6) is 11.5 Å². The number of rotatable bonds is 12. The summed E-state index contributed by atoms with van der Waals surface area (Å²) < 4.78 is 44.5. The number of amides is 1. The van der Waals surface area contributed by atoms with Crippen LogP contribution in [0.15, 0.2) is 90.2 Å². The third-order valence-electron chi connectivity index (χ3n) is 8.91. The van der Waals surface area contributed by atoms with Crippen LogP contribution in [0.1, 0.15) is 56.9 Å². The molecule has 12 nitrogen and oxygen atoms in total. The van der Waals surface area contributed by atoms with E-state index >= 15 is 0 Å². The third kappa shape index (κ3) is 9.98. The highest BCUT2D eigenvalue weighted by Gasteiger charge is 2.25. The van der Waals surface area contributed by atoms with Crippen LogP contribution >= 0.6 is 11.5 Å². The molecule has 0 unspecified atom stereocenters. The van der Waals surface area contributed by atoms with Crippen molar-refractivity contribution in [3.63, 3.8) is 0 Å². The van der Waals surface area contributed by atoms with Gasteiger partial charge in [0.25, 0.3) is 10.0 Å². The number of hydrogen-bond acceptors (Lipinski definition) is 11. The van der Waals surface area contributed by atoms with Gasteiger partial charge in [-0.05, 0) is 125 Å². The molecular weight excluding hydrogens is 723 g/mol. The Bertz CT molecular complexity index is 2240. The zero-order valence-corrected chi connectivity index (χ0v) is 32.3. The van der Waals surface area contributed by atoms with Gasteiger partial charge in [0.05, 0.1) is 22.7 Å². The molecule has 2 aromatic heterocycles. The van der Waals surface area contributed by atoms with E-state index in [1.807, 2.05) is 76.2 Å². The highest BCUT2D eigenvalue weighted by atomic mass is 32.2. The first-order valence-electron chi connectivity index (χ1n) is 17.7. The molecule has 54 heavy (non-hydrogen) atoms. The topological polar surface area (TPSA) is 159 Å². The number of aryl methyl sites for hydroxylation is 1. The van der Waals surface area contributed by atoms with Crippen molar-refractivity contribution in [3.05, 3.63) is 102 Å². The summed E-state index contributed by atoms with van der Waals surface area (Å²) in [6.45, 7) is 10.4. The van der Waals surface area contributed by atoms with Crippen molar-refractivity contribution in [1.82, 2.24) is 24.6 Å². The van der Waals surface area contributed by atoms with Gasteiger partial charge in [0.15, 0.2) is 0 Å². The molecule has 0 aliphatic carbocycles. The van der Waals surface area contributed by atoms with E-state index in [1.165, 1.54) is 24.5 Å². The standard InChI is InChI=1S/C40H43N7O5S2/c1-27-6-5-7-29(20-27)30-8-10-37(51-36-11-9-34(22-32(36)24-41)54(49,50)46-38-44-26-45-53-38)35(23-30)31-14-18-43-33(21-31)25-47(39(48)52-40(2,3)4)19-15-28-12-16-42-17-13-28/h5-11,14,18,20-23,26,28,42H,12-13,15-17,19,25H2,1-4H3,(H,44,45,46). The molecule has 280 valence electrons. The predicted molar refractivity (Wildman–Crippen MR) is 209 cm³/mol. The summed E-state index contributed by atoms with van der Waals surface area (Å²) in [5, 5.41) is 13.6. The summed E-state index contributed by atoms with van der Waals surface area (Å²) in [5.74, 6) is 1.15. The number of pyridine rings is 1. The van der Waals surface area contributed by atoms with Gasteiger partial charge >= 0.3 is 6.09 Å². The average molecular weight is 766 g/mol. The Morgan fingerprint density at radius 1 is 1.00 bits per heavy atom. The van der Waals surface area contributed by atoms with Crippen LogP contribution in [0.4, 0.5) is 9.93 Å². The minimum absolute atomic E-state index is 0.0287. The first-order valence-corrected chi connectivity index (χ1v) is 20.0. The number of nitrogens with one attached hydrogen (secondary N) is 2. The zero-order valence-electron chi connectivity index (χ0n) is 30.7. The maximum atomic E-state index is 13.5. The molecule has 0 spiro atoms. The number of nitrogens with zero attached hydrogens (tertiary/aromatic N) is 5. The van der Waals surface area contributed by atoms with Crippen molar-refractivity contribution in [2.45, 2.75) is 64.0 Å². The summed E-state index contributed by atoms with van der Waals surface area (Å²) in [7, 11) is -4.03. The highest BCUT2D eigenvalue weighted by molar-refractivity contribution is 7.93. The Kier molecular flexibility index (Phi) is 11.9. The molecule has 1 fully saturated rings. The molecule has 14 heteroatoms. The van der Waals surface area contributed by atoms with Crippen LogP contribution in [-0.2, 0) is 21.3 Å². The molecule has 0 radical (unpaired) electrons. The lowest BCUT2D eigenvalue weighted by molar-refractivity contribution is 0.0218. The molecule has 3 aromatic carbocycles.